The van der Waals surface area contributed by atoms with Crippen LogP contribution in [0.4, 0.5) is 4.79 Å². The van der Waals surface area contributed by atoms with Crippen LogP contribution in [0.2, 0.25) is 0 Å². The Kier molecular flexibility index (Phi) is 4.19. The van der Waals surface area contributed by atoms with Crippen LogP contribution in [0.25, 0.3) is 0 Å². The fourth-order valence-electron chi connectivity index (χ4n) is 1.94. The third-order valence-electron chi connectivity index (χ3n) is 2.86. The molecule has 1 aliphatic heterocycles. The third kappa shape index (κ3) is 4.00. The quantitative estimate of drug-likeness (QED) is 0.724. The molecule has 0 spiro atoms. The van der Waals surface area contributed by atoms with E-state index in [1.165, 1.54) is 12.8 Å². The van der Waals surface area contributed by atoms with Crippen LogP contribution in [0.3, 0.4) is 0 Å². The van der Waals surface area contributed by atoms with E-state index >= 15 is 0 Å². The highest BCUT2D eigenvalue weighted by Crippen LogP contribution is 2.16. The number of ether oxygens (including phenoxy) is 1. The molecule has 0 bridgehead atoms. The number of likely N-dealkylation sites (tertiary alicyclic amines) is 1. The standard InChI is InChI=1S/C12H24N2O2/c1-12(2,3)16-11(15)14(5)9-10-7-6-8-13(10)4/h10H,6-9H2,1-5H3/t10-/m0/s1. The van der Waals surface area contributed by atoms with Crippen molar-refractivity contribution in [3.63, 3.8) is 0 Å². The molecule has 4 nitrogen and oxygen atoms in total. The molecule has 1 saturated heterocycles. The third-order valence-corrected chi connectivity index (χ3v) is 2.86. The minimum Gasteiger partial charge on any atom is -0.444 e. The smallest absolute Gasteiger partial charge is 0.410 e. The van der Waals surface area contributed by atoms with Crippen molar-refractivity contribution in [1.82, 2.24) is 9.80 Å². The SMILES string of the molecule is CN(C[C@@H]1CCCN1C)C(=O)OC(C)(C)C. The second-order valence-electron chi connectivity index (χ2n) is 5.64. The molecule has 4 heteroatoms. The van der Waals surface area contributed by atoms with Crippen molar-refractivity contribution in [1.29, 1.82) is 0 Å². The van der Waals surface area contributed by atoms with Gasteiger partial charge in [0.2, 0.25) is 0 Å². The summed E-state index contributed by atoms with van der Waals surface area (Å²) in [6, 6.07) is 0.484. The van der Waals surface area contributed by atoms with Crippen molar-refractivity contribution in [2.75, 3.05) is 27.2 Å². The van der Waals surface area contributed by atoms with E-state index in [1.54, 1.807) is 11.9 Å². The molecule has 1 rings (SSSR count). The van der Waals surface area contributed by atoms with E-state index < -0.39 is 5.60 Å². The lowest BCUT2D eigenvalue weighted by Crippen LogP contribution is -2.41. The molecule has 1 aliphatic rings. The Hall–Kier alpha value is -0.770. The summed E-state index contributed by atoms with van der Waals surface area (Å²) in [4.78, 5) is 15.7. The minimum atomic E-state index is -0.410. The number of carbonyl (C=O) groups excluding carboxylic acids is 1. The summed E-state index contributed by atoms with van der Waals surface area (Å²) in [6.07, 6.45) is 2.17. The highest BCUT2D eigenvalue weighted by molar-refractivity contribution is 5.67. The van der Waals surface area contributed by atoms with Crippen LogP contribution in [0, 0.1) is 0 Å². The van der Waals surface area contributed by atoms with Gasteiger partial charge in [0.15, 0.2) is 0 Å². The van der Waals surface area contributed by atoms with Crippen LogP contribution >= 0.6 is 0 Å². The fourth-order valence-corrected chi connectivity index (χ4v) is 1.94. The van der Waals surface area contributed by atoms with Crippen molar-refractivity contribution in [3.8, 4) is 0 Å². The van der Waals surface area contributed by atoms with Gasteiger partial charge in [-0.1, -0.05) is 0 Å². The Morgan fingerprint density at radius 3 is 2.56 bits per heavy atom. The monoisotopic (exact) mass is 228 g/mol. The highest BCUT2D eigenvalue weighted by atomic mass is 16.6. The zero-order valence-electron chi connectivity index (χ0n) is 11.1. The topological polar surface area (TPSA) is 32.8 Å². The Morgan fingerprint density at radius 1 is 1.50 bits per heavy atom. The first kappa shape index (κ1) is 13.3. The molecule has 94 valence electrons. The molecule has 0 aromatic heterocycles. The number of hydrogen-bond acceptors (Lipinski definition) is 3. The summed E-state index contributed by atoms with van der Waals surface area (Å²) in [5.41, 5.74) is -0.410. The van der Waals surface area contributed by atoms with Gasteiger partial charge in [0.25, 0.3) is 0 Å². The number of carbonyl (C=O) groups is 1. The van der Waals surface area contributed by atoms with E-state index in [4.69, 9.17) is 4.74 Å². The van der Waals surface area contributed by atoms with Crippen molar-refractivity contribution < 1.29 is 9.53 Å². The average molecular weight is 228 g/mol. The highest BCUT2D eigenvalue weighted by Gasteiger charge is 2.26. The molecular formula is C12H24N2O2. The van der Waals surface area contributed by atoms with Crippen LogP contribution in [0.15, 0.2) is 0 Å². The van der Waals surface area contributed by atoms with E-state index in [0.29, 0.717) is 6.04 Å². The molecule has 1 fully saturated rings. The van der Waals surface area contributed by atoms with E-state index in [0.717, 1.165) is 13.1 Å². The lowest BCUT2D eigenvalue weighted by Gasteiger charge is -2.28. The summed E-state index contributed by atoms with van der Waals surface area (Å²) in [5.74, 6) is 0. The summed E-state index contributed by atoms with van der Waals surface area (Å²) in [6.45, 7) is 7.56. The maximum Gasteiger partial charge on any atom is 0.410 e. The minimum absolute atomic E-state index is 0.229. The van der Waals surface area contributed by atoms with Crippen molar-refractivity contribution in [2.45, 2.75) is 45.3 Å². The lowest BCUT2D eigenvalue weighted by atomic mass is 10.2. The second kappa shape index (κ2) is 5.04. The largest absolute Gasteiger partial charge is 0.444 e. The van der Waals surface area contributed by atoms with Crippen molar-refractivity contribution >= 4 is 6.09 Å². The fraction of sp³-hybridized carbons (Fsp3) is 0.917. The predicted molar refractivity (Wildman–Crippen MR) is 64.5 cm³/mol. The van der Waals surface area contributed by atoms with Crippen LogP contribution in [-0.4, -0.2) is 54.7 Å². The van der Waals surface area contributed by atoms with Crippen LogP contribution in [0.5, 0.6) is 0 Å². The van der Waals surface area contributed by atoms with E-state index in [1.807, 2.05) is 20.8 Å². The molecule has 0 aliphatic carbocycles. The Morgan fingerprint density at radius 2 is 2.12 bits per heavy atom. The molecule has 1 amide bonds. The summed E-state index contributed by atoms with van der Waals surface area (Å²) >= 11 is 0. The molecule has 1 heterocycles. The lowest BCUT2D eigenvalue weighted by molar-refractivity contribution is 0.0265. The average Bonchev–Trinajstić information content (AvgIpc) is 2.49. The predicted octanol–water partition coefficient (Wildman–Crippen LogP) is 1.95. The maximum absolute atomic E-state index is 11.7. The molecule has 0 aromatic rings. The number of amides is 1. The Balaban J connectivity index is 2.39. The number of rotatable bonds is 2. The van der Waals surface area contributed by atoms with Gasteiger partial charge in [-0.05, 0) is 47.2 Å². The first-order valence-electron chi connectivity index (χ1n) is 5.94. The zero-order chi connectivity index (χ0) is 12.3. The summed E-state index contributed by atoms with van der Waals surface area (Å²) < 4.78 is 5.31. The molecule has 0 N–H and O–H groups in total. The van der Waals surface area contributed by atoms with Crippen LogP contribution in [-0.2, 0) is 4.74 Å². The number of likely N-dealkylation sites (N-methyl/N-ethyl adjacent to an activating group) is 2. The van der Waals surface area contributed by atoms with Gasteiger partial charge < -0.3 is 14.5 Å². The van der Waals surface area contributed by atoms with Gasteiger partial charge in [0.05, 0.1) is 0 Å². The first-order chi connectivity index (χ1) is 7.29. The van der Waals surface area contributed by atoms with E-state index in [-0.39, 0.29) is 6.09 Å². The van der Waals surface area contributed by atoms with Gasteiger partial charge in [0, 0.05) is 19.6 Å². The van der Waals surface area contributed by atoms with Gasteiger partial charge in [-0.25, -0.2) is 4.79 Å². The maximum atomic E-state index is 11.7. The summed E-state index contributed by atoms with van der Waals surface area (Å²) in [7, 11) is 3.92. The number of nitrogens with zero attached hydrogens (tertiary/aromatic N) is 2. The molecule has 0 aromatic carbocycles. The Bertz CT molecular complexity index is 248. The molecule has 0 unspecified atom stereocenters. The second-order valence-corrected chi connectivity index (χ2v) is 5.64. The van der Waals surface area contributed by atoms with Gasteiger partial charge in [-0.3, -0.25) is 0 Å². The van der Waals surface area contributed by atoms with Gasteiger partial charge in [0.1, 0.15) is 5.60 Å². The van der Waals surface area contributed by atoms with E-state index in [9.17, 15) is 4.79 Å². The van der Waals surface area contributed by atoms with Crippen LogP contribution < -0.4 is 0 Å². The van der Waals surface area contributed by atoms with E-state index in [2.05, 4.69) is 11.9 Å². The van der Waals surface area contributed by atoms with Gasteiger partial charge in [-0.2, -0.15) is 0 Å². The number of hydrogen-bond donors (Lipinski definition) is 0. The normalized spacial score (nSPS) is 22.2. The summed E-state index contributed by atoms with van der Waals surface area (Å²) in [5, 5.41) is 0. The molecular weight excluding hydrogens is 204 g/mol. The molecule has 0 saturated carbocycles. The molecule has 16 heavy (non-hydrogen) atoms. The van der Waals surface area contributed by atoms with Gasteiger partial charge >= 0.3 is 6.09 Å². The molecule has 0 radical (unpaired) electrons. The first-order valence-corrected chi connectivity index (χ1v) is 5.94. The van der Waals surface area contributed by atoms with Crippen molar-refractivity contribution in [3.05, 3.63) is 0 Å². The molecule has 1 atom stereocenters. The zero-order valence-corrected chi connectivity index (χ0v) is 11.1. The van der Waals surface area contributed by atoms with Crippen LogP contribution in [0.1, 0.15) is 33.6 Å². The van der Waals surface area contributed by atoms with Gasteiger partial charge in [-0.15, -0.1) is 0 Å². The van der Waals surface area contributed by atoms with Crippen molar-refractivity contribution in [2.24, 2.45) is 0 Å². The Labute approximate surface area is 98.5 Å².